The molecular formula is C20H25N3O. The van der Waals surface area contributed by atoms with Crippen molar-refractivity contribution >= 4 is 17.3 Å². The fraction of sp³-hybridized carbons (Fsp3) is 0.200. The van der Waals surface area contributed by atoms with Crippen molar-refractivity contribution < 1.29 is 4.79 Å². The van der Waals surface area contributed by atoms with E-state index in [0.717, 1.165) is 11.3 Å². The Morgan fingerprint density at radius 2 is 2.00 bits per heavy atom. The molecule has 1 heterocycles. The number of hydrogen-bond donors (Lipinski definition) is 2. The number of nitrogens with one attached hydrogen (secondary N) is 2. The Bertz CT molecular complexity index is 667. The van der Waals surface area contributed by atoms with E-state index in [-0.39, 0.29) is 5.91 Å². The largest absolute Gasteiger partial charge is 0.379 e. The standard InChI is InChI=1S/C18H19N3O.C2H6/c1-3-5-9-14(4-2)12-16-17(20-21-18(16)22)13-19-15-10-7-6-8-11-15;1-2/h3-12,19H,1,13H2,2H3,(H,21,22);1-2H3/b9-5-,14-4+,16-12+;. The summed E-state index contributed by atoms with van der Waals surface area (Å²) in [5.41, 5.74) is 5.70. The molecular weight excluding hydrogens is 298 g/mol. The Morgan fingerprint density at radius 3 is 2.62 bits per heavy atom. The second kappa shape index (κ2) is 10.8. The summed E-state index contributed by atoms with van der Waals surface area (Å²) in [6, 6.07) is 9.81. The van der Waals surface area contributed by atoms with Crippen LogP contribution >= 0.6 is 0 Å². The van der Waals surface area contributed by atoms with Crippen LogP contribution in [0.5, 0.6) is 0 Å². The van der Waals surface area contributed by atoms with Gasteiger partial charge in [-0.15, -0.1) is 0 Å². The summed E-state index contributed by atoms with van der Waals surface area (Å²) in [5, 5.41) is 7.35. The fourth-order valence-corrected chi connectivity index (χ4v) is 1.97. The van der Waals surface area contributed by atoms with Gasteiger partial charge >= 0.3 is 0 Å². The second-order valence-corrected chi connectivity index (χ2v) is 4.66. The number of amides is 1. The molecule has 1 aliphatic rings. The van der Waals surface area contributed by atoms with Crippen molar-refractivity contribution in [1.82, 2.24) is 5.43 Å². The molecule has 0 unspecified atom stereocenters. The van der Waals surface area contributed by atoms with Crippen LogP contribution in [-0.2, 0) is 4.79 Å². The molecule has 2 N–H and O–H groups in total. The normalized spacial score (nSPS) is 15.6. The van der Waals surface area contributed by atoms with Gasteiger partial charge in [-0.3, -0.25) is 4.79 Å². The highest BCUT2D eigenvalue weighted by Gasteiger charge is 2.22. The van der Waals surface area contributed by atoms with Crippen LogP contribution in [0.2, 0.25) is 0 Å². The van der Waals surface area contributed by atoms with E-state index < -0.39 is 0 Å². The first-order chi connectivity index (χ1) is 11.7. The van der Waals surface area contributed by atoms with E-state index >= 15 is 0 Å². The van der Waals surface area contributed by atoms with Crippen LogP contribution in [0.15, 0.2) is 83.5 Å². The lowest BCUT2D eigenvalue weighted by molar-refractivity contribution is -0.116. The first-order valence-corrected chi connectivity index (χ1v) is 8.08. The molecule has 0 saturated heterocycles. The number of para-hydroxylation sites is 1. The fourth-order valence-electron chi connectivity index (χ4n) is 1.97. The number of carbonyl (C=O) groups excluding carboxylic acids is 1. The number of rotatable bonds is 6. The third-order valence-electron chi connectivity index (χ3n) is 3.15. The highest BCUT2D eigenvalue weighted by Crippen LogP contribution is 2.13. The average molecular weight is 323 g/mol. The maximum absolute atomic E-state index is 11.9. The predicted octanol–water partition coefficient (Wildman–Crippen LogP) is 4.23. The summed E-state index contributed by atoms with van der Waals surface area (Å²) in [7, 11) is 0. The van der Waals surface area contributed by atoms with Crippen molar-refractivity contribution in [3.05, 3.63) is 78.4 Å². The van der Waals surface area contributed by atoms with Gasteiger partial charge in [0, 0.05) is 5.69 Å². The molecule has 4 heteroatoms. The van der Waals surface area contributed by atoms with E-state index in [9.17, 15) is 4.79 Å². The molecule has 0 bridgehead atoms. The molecule has 4 nitrogen and oxygen atoms in total. The Kier molecular flexibility index (Phi) is 8.61. The summed E-state index contributed by atoms with van der Waals surface area (Å²) in [6.45, 7) is 10.0. The van der Waals surface area contributed by atoms with Crippen LogP contribution in [-0.4, -0.2) is 18.2 Å². The van der Waals surface area contributed by atoms with Crippen LogP contribution < -0.4 is 10.7 Å². The highest BCUT2D eigenvalue weighted by atomic mass is 16.2. The Morgan fingerprint density at radius 1 is 1.29 bits per heavy atom. The summed E-state index contributed by atoms with van der Waals surface area (Å²) < 4.78 is 0. The molecule has 24 heavy (non-hydrogen) atoms. The summed E-state index contributed by atoms with van der Waals surface area (Å²) in [6.07, 6.45) is 9.18. The Labute approximate surface area is 144 Å². The van der Waals surface area contributed by atoms with Gasteiger partial charge in [0.05, 0.1) is 17.8 Å². The zero-order chi connectivity index (χ0) is 17.8. The highest BCUT2D eigenvalue weighted by molar-refractivity contribution is 6.26. The molecule has 126 valence electrons. The molecule has 2 rings (SSSR count). The number of nitrogens with zero attached hydrogens (tertiary/aromatic N) is 1. The zero-order valence-corrected chi connectivity index (χ0v) is 14.5. The lowest BCUT2D eigenvalue weighted by Gasteiger charge is -2.06. The average Bonchev–Trinajstić information content (AvgIpc) is 2.99. The number of hydrazone groups is 1. The SMILES string of the molecule is C=C\C=C/C(=C\C)/C=C1/C(=O)NN=C1CNc1ccccc1.CC. The van der Waals surface area contributed by atoms with E-state index in [4.69, 9.17) is 0 Å². The lowest BCUT2D eigenvalue weighted by atomic mass is 10.1. The summed E-state index contributed by atoms with van der Waals surface area (Å²) >= 11 is 0. The van der Waals surface area contributed by atoms with Gasteiger partial charge < -0.3 is 5.32 Å². The monoisotopic (exact) mass is 323 g/mol. The van der Waals surface area contributed by atoms with E-state index in [0.29, 0.717) is 17.8 Å². The van der Waals surface area contributed by atoms with Gasteiger partial charge in [-0.25, -0.2) is 5.43 Å². The van der Waals surface area contributed by atoms with Crippen molar-refractivity contribution in [2.75, 3.05) is 11.9 Å². The summed E-state index contributed by atoms with van der Waals surface area (Å²) in [5.74, 6) is -0.184. The number of carbonyl (C=O) groups is 1. The van der Waals surface area contributed by atoms with Gasteiger partial charge in [0.1, 0.15) is 0 Å². The number of hydrogen-bond acceptors (Lipinski definition) is 3. The van der Waals surface area contributed by atoms with E-state index in [1.165, 1.54) is 0 Å². The Balaban J connectivity index is 0.00000139. The van der Waals surface area contributed by atoms with Gasteiger partial charge in [-0.2, -0.15) is 5.10 Å². The van der Waals surface area contributed by atoms with Crippen molar-refractivity contribution in [1.29, 1.82) is 0 Å². The van der Waals surface area contributed by atoms with E-state index in [1.54, 1.807) is 6.08 Å². The number of anilines is 1. The molecule has 1 aliphatic heterocycles. The minimum Gasteiger partial charge on any atom is -0.379 e. The third-order valence-corrected chi connectivity index (χ3v) is 3.15. The lowest BCUT2D eigenvalue weighted by Crippen LogP contribution is -2.18. The molecule has 1 aromatic carbocycles. The topological polar surface area (TPSA) is 53.5 Å². The first kappa shape index (κ1) is 19.2. The molecule has 1 aromatic rings. The minimum atomic E-state index is -0.184. The first-order valence-electron chi connectivity index (χ1n) is 8.08. The minimum absolute atomic E-state index is 0.184. The van der Waals surface area contributed by atoms with Crippen molar-refractivity contribution in [3.63, 3.8) is 0 Å². The summed E-state index contributed by atoms with van der Waals surface area (Å²) in [4.78, 5) is 11.9. The van der Waals surface area contributed by atoms with Crippen molar-refractivity contribution in [2.45, 2.75) is 20.8 Å². The molecule has 0 fully saturated rings. The quantitative estimate of drug-likeness (QED) is 0.608. The van der Waals surface area contributed by atoms with Crippen molar-refractivity contribution in [3.8, 4) is 0 Å². The van der Waals surface area contributed by atoms with Crippen LogP contribution in [0.3, 0.4) is 0 Å². The van der Waals surface area contributed by atoms with Crippen LogP contribution in [0, 0.1) is 0 Å². The van der Waals surface area contributed by atoms with Crippen LogP contribution in [0.4, 0.5) is 5.69 Å². The molecule has 0 aliphatic carbocycles. The second-order valence-electron chi connectivity index (χ2n) is 4.66. The van der Waals surface area contributed by atoms with Crippen LogP contribution in [0.1, 0.15) is 20.8 Å². The molecule has 0 saturated carbocycles. The van der Waals surface area contributed by atoms with E-state index in [2.05, 4.69) is 22.4 Å². The molecule has 0 atom stereocenters. The number of benzene rings is 1. The Hall–Kier alpha value is -2.88. The van der Waals surface area contributed by atoms with E-state index in [1.807, 2.05) is 75.4 Å². The number of allylic oxidation sites excluding steroid dienone is 6. The van der Waals surface area contributed by atoms with Gasteiger partial charge in [-0.05, 0) is 30.7 Å². The van der Waals surface area contributed by atoms with Gasteiger partial charge in [-0.1, -0.05) is 62.9 Å². The molecule has 1 amide bonds. The van der Waals surface area contributed by atoms with Gasteiger partial charge in [0.25, 0.3) is 5.91 Å². The molecule has 0 radical (unpaired) electrons. The zero-order valence-electron chi connectivity index (χ0n) is 14.5. The predicted molar refractivity (Wildman–Crippen MR) is 103 cm³/mol. The smallest absolute Gasteiger partial charge is 0.273 e. The molecule has 0 aromatic heterocycles. The van der Waals surface area contributed by atoms with Crippen LogP contribution in [0.25, 0.3) is 0 Å². The maximum Gasteiger partial charge on any atom is 0.273 e. The third kappa shape index (κ3) is 5.72. The maximum atomic E-state index is 11.9. The van der Waals surface area contributed by atoms with Gasteiger partial charge in [0.15, 0.2) is 0 Å². The van der Waals surface area contributed by atoms with Gasteiger partial charge in [0.2, 0.25) is 0 Å². The molecule has 0 spiro atoms. The van der Waals surface area contributed by atoms with Crippen molar-refractivity contribution in [2.24, 2.45) is 5.10 Å².